The van der Waals surface area contributed by atoms with Gasteiger partial charge in [-0.15, -0.1) is 0 Å². The zero-order valence-corrected chi connectivity index (χ0v) is 8.25. The lowest BCUT2D eigenvalue weighted by atomic mass is 10.2. The molecule has 0 atom stereocenters. The van der Waals surface area contributed by atoms with Crippen molar-refractivity contribution in [3.05, 3.63) is 40.7 Å². The van der Waals surface area contributed by atoms with E-state index >= 15 is 0 Å². The summed E-state index contributed by atoms with van der Waals surface area (Å²) >= 11 is 5.97. The van der Waals surface area contributed by atoms with Crippen molar-refractivity contribution in [1.29, 1.82) is 0 Å². The number of hydroxylamine groups is 1. The molecule has 1 N–H and O–H groups in total. The third-order valence-electron chi connectivity index (χ3n) is 1.81. The summed E-state index contributed by atoms with van der Waals surface area (Å²) in [5.74, 6) is 0.587. The lowest BCUT2D eigenvalue weighted by Gasteiger charge is -2.17. The smallest absolute Gasteiger partial charge is 0.211 e. The molecule has 0 unspecified atom stereocenters. The third kappa shape index (κ3) is 2.19. The third-order valence-corrected chi connectivity index (χ3v) is 2.15. The van der Waals surface area contributed by atoms with Gasteiger partial charge in [-0.2, -0.15) is 0 Å². The molecule has 0 spiro atoms. The van der Waals surface area contributed by atoms with Crippen molar-refractivity contribution in [1.82, 2.24) is 5.48 Å². The second kappa shape index (κ2) is 4.35. The maximum Gasteiger partial charge on any atom is 0.211 e. The first-order valence-electron chi connectivity index (χ1n) is 4.33. The van der Waals surface area contributed by atoms with Crippen molar-refractivity contribution in [2.45, 2.75) is 0 Å². The summed E-state index contributed by atoms with van der Waals surface area (Å²) < 4.78 is 5.30. The van der Waals surface area contributed by atoms with E-state index in [1.165, 1.54) is 0 Å². The number of rotatable bonds is 1. The van der Waals surface area contributed by atoms with Crippen molar-refractivity contribution in [2.24, 2.45) is 0 Å². The molecular formula is C10H10ClNO2. The van der Waals surface area contributed by atoms with Crippen molar-refractivity contribution < 1.29 is 9.57 Å². The Morgan fingerprint density at radius 3 is 2.86 bits per heavy atom. The Balaban J connectivity index is 2.19. The number of nitrogens with one attached hydrogen (secondary N) is 1. The minimum atomic E-state index is 0.555. The molecule has 14 heavy (non-hydrogen) atoms. The predicted octanol–water partition coefficient (Wildman–Crippen LogP) is 2.19. The Morgan fingerprint density at radius 1 is 1.29 bits per heavy atom. The molecule has 0 bridgehead atoms. The lowest BCUT2D eigenvalue weighted by Crippen LogP contribution is -2.25. The average molecular weight is 212 g/mol. The van der Waals surface area contributed by atoms with Gasteiger partial charge in [-0.1, -0.05) is 29.8 Å². The first-order chi connectivity index (χ1) is 6.86. The fourth-order valence-corrected chi connectivity index (χ4v) is 1.34. The van der Waals surface area contributed by atoms with Gasteiger partial charge in [0.1, 0.15) is 13.2 Å². The van der Waals surface area contributed by atoms with Crippen LogP contribution in [-0.2, 0) is 9.57 Å². The van der Waals surface area contributed by atoms with Crippen LogP contribution in [0.25, 0.3) is 6.08 Å². The van der Waals surface area contributed by atoms with Gasteiger partial charge < -0.3 is 4.74 Å². The lowest BCUT2D eigenvalue weighted by molar-refractivity contribution is -0.0552. The van der Waals surface area contributed by atoms with Crippen LogP contribution >= 0.6 is 11.6 Å². The molecule has 1 aliphatic rings. The molecule has 3 nitrogen and oxygen atoms in total. The minimum Gasteiger partial charge on any atom is -0.475 e. The molecule has 74 valence electrons. The molecule has 0 aliphatic carbocycles. The molecule has 1 aromatic carbocycles. The second-order valence-electron chi connectivity index (χ2n) is 2.83. The number of hydrogen-bond donors (Lipinski definition) is 1. The standard InChI is InChI=1S/C10H10ClNO2/c11-9-4-2-1-3-8(9)7-10-12-14-6-5-13-10/h1-4,7,12H,5-6H2. The fourth-order valence-electron chi connectivity index (χ4n) is 1.15. The highest BCUT2D eigenvalue weighted by molar-refractivity contribution is 6.32. The molecular weight excluding hydrogens is 202 g/mol. The molecule has 1 aromatic rings. The van der Waals surface area contributed by atoms with Gasteiger partial charge in [0.25, 0.3) is 0 Å². The molecule has 1 saturated heterocycles. The first-order valence-corrected chi connectivity index (χ1v) is 4.71. The summed E-state index contributed by atoms with van der Waals surface area (Å²) in [6, 6.07) is 7.55. The van der Waals surface area contributed by atoms with Gasteiger partial charge >= 0.3 is 0 Å². The van der Waals surface area contributed by atoms with Gasteiger partial charge in [0.2, 0.25) is 5.88 Å². The Bertz CT molecular complexity index is 344. The van der Waals surface area contributed by atoms with Crippen LogP contribution in [0.4, 0.5) is 0 Å². The summed E-state index contributed by atoms with van der Waals surface area (Å²) in [7, 11) is 0. The Kier molecular flexibility index (Phi) is 2.91. The van der Waals surface area contributed by atoms with Crippen molar-refractivity contribution in [3.63, 3.8) is 0 Å². The predicted molar refractivity (Wildman–Crippen MR) is 54.5 cm³/mol. The second-order valence-corrected chi connectivity index (χ2v) is 3.24. The van der Waals surface area contributed by atoms with Gasteiger partial charge in [0.15, 0.2) is 0 Å². The van der Waals surface area contributed by atoms with E-state index in [1.807, 2.05) is 30.3 Å². The van der Waals surface area contributed by atoms with E-state index in [0.29, 0.717) is 24.1 Å². The summed E-state index contributed by atoms with van der Waals surface area (Å²) in [4.78, 5) is 5.01. The monoisotopic (exact) mass is 211 g/mol. The van der Waals surface area contributed by atoms with Crippen LogP contribution in [0.3, 0.4) is 0 Å². The van der Waals surface area contributed by atoms with E-state index in [2.05, 4.69) is 5.48 Å². The van der Waals surface area contributed by atoms with E-state index in [-0.39, 0.29) is 0 Å². The molecule has 0 saturated carbocycles. The van der Waals surface area contributed by atoms with Gasteiger partial charge in [-0.05, 0) is 11.6 Å². The van der Waals surface area contributed by atoms with Crippen LogP contribution in [0, 0.1) is 0 Å². The summed E-state index contributed by atoms with van der Waals surface area (Å²) in [6.45, 7) is 1.11. The Hall–Kier alpha value is -1.19. The zero-order chi connectivity index (χ0) is 9.80. The molecule has 0 aromatic heterocycles. The van der Waals surface area contributed by atoms with E-state index < -0.39 is 0 Å². The Morgan fingerprint density at radius 2 is 2.14 bits per heavy atom. The fraction of sp³-hybridized carbons (Fsp3) is 0.200. The van der Waals surface area contributed by atoms with E-state index in [4.69, 9.17) is 21.2 Å². The molecule has 1 heterocycles. The zero-order valence-electron chi connectivity index (χ0n) is 7.50. The quantitative estimate of drug-likeness (QED) is 0.773. The summed E-state index contributed by atoms with van der Waals surface area (Å²) in [6.07, 6.45) is 1.81. The maximum absolute atomic E-state index is 5.97. The van der Waals surface area contributed by atoms with E-state index in [9.17, 15) is 0 Å². The average Bonchev–Trinajstić information content (AvgIpc) is 2.23. The van der Waals surface area contributed by atoms with Crippen molar-refractivity contribution in [3.8, 4) is 0 Å². The normalized spacial score (nSPS) is 18.8. The highest BCUT2D eigenvalue weighted by atomic mass is 35.5. The van der Waals surface area contributed by atoms with Crippen LogP contribution in [-0.4, -0.2) is 13.2 Å². The largest absolute Gasteiger partial charge is 0.475 e. The van der Waals surface area contributed by atoms with Gasteiger partial charge in [0, 0.05) is 11.1 Å². The van der Waals surface area contributed by atoms with Crippen molar-refractivity contribution >= 4 is 17.7 Å². The topological polar surface area (TPSA) is 30.5 Å². The van der Waals surface area contributed by atoms with Crippen LogP contribution < -0.4 is 5.48 Å². The minimum absolute atomic E-state index is 0.555. The molecule has 4 heteroatoms. The van der Waals surface area contributed by atoms with Gasteiger partial charge in [-0.3, -0.25) is 4.84 Å². The number of benzene rings is 1. The molecule has 1 aliphatic heterocycles. The highest BCUT2D eigenvalue weighted by Gasteiger charge is 2.05. The number of hydrogen-bond acceptors (Lipinski definition) is 3. The number of halogens is 1. The van der Waals surface area contributed by atoms with Crippen LogP contribution in [0.15, 0.2) is 30.1 Å². The molecule has 0 amide bonds. The Labute approximate surface area is 87.2 Å². The maximum atomic E-state index is 5.97. The van der Waals surface area contributed by atoms with Crippen LogP contribution in [0.5, 0.6) is 0 Å². The number of ether oxygens (including phenoxy) is 1. The van der Waals surface area contributed by atoms with Gasteiger partial charge in [-0.25, -0.2) is 5.48 Å². The highest BCUT2D eigenvalue weighted by Crippen LogP contribution is 2.18. The van der Waals surface area contributed by atoms with Crippen LogP contribution in [0.2, 0.25) is 5.02 Å². The van der Waals surface area contributed by atoms with E-state index in [1.54, 1.807) is 0 Å². The molecule has 0 radical (unpaired) electrons. The first kappa shape index (κ1) is 9.37. The van der Waals surface area contributed by atoms with E-state index in [0.717, 1.165) is 5.56 Å². The molecule has 2 rings (SSSR count). The van der Waals surface area contributed by atoms with Crippen molar-refractivity contribution in [2.75, 3.05) is 13.2 Å². The summed E-state index contributed by atoms with van der Waals surface area (Å²) in [5, 5.41) is 0.691. The van der Waals surface area contributed by atoms with Crippen LogP contribution in [0.1, 0.15) is 5.56 Å². The van der Waals surface area contributed by atoms with Gasteiger partial charge in [0.05, 0.1) is 0 Å². The summed E-state index contributed by atoms with van der Waals surface area (Å²) in [5.41, 5.74) is 3.58. The molecule has 1 fully saturated rings. The SMILES string of the molecule is Clc1ccccc1C=C1NOCCO1.